The van der Waals surface area contributed by atoms with Gasteiger partial charge < -0.3 is 19.3 Å². The minimum absolute atomic E-state index is 0.0561. The molecule has 4 rings (SSSR count). The third kappa shape index (κ3) is 4.24. The van der Waals surface area contributed by atoms with Crippen molar-refractivity contribution in [2.75, 3.05) is 26.7 Å². The standard InChI is InChI=1S/C24H30F3N3O3/c1-16(2)33-19-5-4-17(14-18(19)15-31)22(32)29-10-8-23(9-11-29)20-6-7-21(24(25,26)27)30(20)13-12-28(23)3/h4-7,14,16,31H,8-13,15H2,1-3H3. The van der Waals surface area contributed by atoms with Crippen molar-refractivity contribution in [1.82, 2.24) is 14.4 Å². The number of aliphatic hydroxyl groups is 1. The second-order valence-corrected chi connectivity index (χ2v) is 9.15. The van der Waals surface area contributed by atoms with Crippen molar-refractivity contribution in [1.29, 1.82) is 0 Å². The van der Waals surface area contributed by atoms with E-state index in [1.165, 1.54) is 10.6 Å². The number of nitrogens with zero attached hydrogens (tertiary/aromatic N) is 3. The Hall–Kier alpha value is -2.52. The van der Waals surface area contributed by atoms with Crippen molar-refractivity contribution in [3.05, 3.63) is 52.8 Å². The first-order valence-corrected chi connectivity index (χ1v) is 11.2. The number of piperidine rings is 1. The Labute approximate surface area is 191 Å². The van der Waals surface area contributed by atoms with Gasteiger partial charge >= 0.3 is 6.18 Å². The summed E-state index contributed by atoms with van der Waals surface area (Å²) in [6.45, 7) is 5.24. The average molecular weight is 466 g/mol. The summed E-state index contributed by atoms with van der Waals surface area (Å²) in [4.78, 5) is 17.0. The maximum Gasteiger partial charge on any atom is 0.431 e. The number of carbonyl (C=O) groups is 1. The van der Waals surface area contributed by atoms with Crippen LogP contribution in [0.1, 0.15) is 54.0 Å². The van der Waals surface area contributed by atoms with E-state index < -0.39 is 17.4 Å². The van der Waals surface area contributed by atoms with Gasteiger partial charge in [0.1, 0.15) is 11.4 Å². The molecule has 1 saturated heterocycles. The molecule has 1 N–H and O–H groups in total. The van der Waals surface area contributed by atoms with Crippen molar-refractivity contribution in [3.63, 3.8) is 0 Å². The molecular formula is C24H30F3N3O3. The van der Waals surface area contributed by atoms with E-state index in [2.05, 4.69) is 4.90 Å². The molecule has 0 aliphatic carbocycles. The Bertz CT molecular complexity index is 1020. The number of alkyl halides is 3. The highest BCUT2D eigenvalue weighted by Crippen LogP contribution is 2.44. The molecule has 2 aliphatic rings. The lowest BCUT2D eigenvalue weighted by Gasteiger charge is -2.50. The minimum atomic E-state index is -4.39. The quantitative estimate of drug-likeness (QED) is 0.745. The Kier molecular flexibility index (Phi) is 6.22. The molecule has 0 radical (unpaired) electrons. The third-order valence-corrected chi connectivity index (χ3v) is 6.86. The van der Waals surface area contributed by atoms with Crippen LogP contribution in [0, 0.1) is 0 Å². The molecule has 180 valence electrons. The first-order chi connectivity index (χ1) is 15.6. The molecule has 1 fully saturated rings. The maximum absolute atomic E-state index is 13.5. The van der Waals surface area contributed by atoms with Gasteiger partial charge in [0.15, 0.2) is 0 Å². The number of ether oxygens (including phenoxy) is 1. The van der Waals surface area contributed by atoms with Gasteiger partial charge in [-0.2, -0.15) is 13.2 Å². The number of hydrogen-bond donors (Lipinski definition) is 1. The Balaban J connectivity index is 1.54. The minimum Gasteiger partial charge on any atom is -0.491 e. The molecule has 0 bridgehead atoms. The molecular weight excluding hydrogens is 435 g/mol. The molecule has 2 aromatic rings. The highest BCUT2D eigenvalue weighted by atomic mass is 19.4. The molecule has 0 atom stereocenters. The van der Waals surface area contributed by atoms with Gasteiger partial charge in [-0.15, -0.1) is 0 Å². The number of hydrogen-bond acceptors (Lipinski definition) is 4. The smallest absolute Gasteiger partial charge is 0.431 e. The molecule has 1 amide bonds. The summed E-state index contributed by atoms with van der Waals surface area (Å²) < 4.78 is 47.5. The van der Waals surface area contributed by atoms with Crippen LogP contribution >= 0.6 is 0 Å². The van der Waals surface area contributed by atoms with E-state index in [4.69, 9.17) is 4.74 Å². The number of likely N-dealkylation sites (tertiary alicyclic amines) is 1. The Morgan fingerprint density at radius 2 is 1.82 bits per heavy atom. The highest BCUT2D eigenvalue weighted by Gasteiger charge is 2.47. The molecule has 1 spiro atoms. The molecule has 33 heavy (non-hydrogen) atoms. The molecule has 9 heteroatoms. The average Bonchev–Trinajstić information content (AvgIpc) is 3.22. The van der Waals surface area contributed by atoms with Crippen LogP contribution in [-0.2, 0) is 24.9 Å². The number of fused-ring (bicyclic) bond motifs is 2. The maximum atomic E-state index is 13.5. The molecule has 0 unspecified atom stereocenters. The SMILES string of the molecule is CC(C)Oc1ccc(C(=O)N2CCC3(CC2)c2ccc(C(F)(F)F)n2CCN3C)cc1CO. The van der Waals surface area contributed by atoms with Gasteiger partial charge in [0.05, 0.1) is 18.2 Å². The molecule has 2 aliphatic heterocycles. The van der Waals surface area contributed by atoms with Crippen LogP contribution in [0.4, 0.5) is 13.2 Å². The summed E-state index contributed by atoms with van der Waals surface area (Å²) in [5.41, 5.74) is 0.555. The van der Waals surface area contributed by atoms with E-state index in [0.717, 1.165) is 0 Å². The van der Waals surface area contributed by atoms with Gasteiger partial charge in [-0.25, -0.2) is 0 Å². The van der Waals surface area contributed by atoms with Crippen LogP contribution in [0.3, 0.4) is 0 Å². The summed E-state index contributed by atoms with van der Waals surface area (Å²) in [6, 6.07) is 7.81. The van der Waals surface area contributed by atoms with Crippen LogP contribution in [0.15, 0.2) is 30.3 Å². The Morgan fingerprint density at radius 3 is 2.42 bits per heavy atom. The van der Waals surface area contributed by atoms with Crippen LogP contribution in [-0.4, -0.2) is 58.2 Å². The van der Waals surface area contributed by atoms with Crippen molar-refractivity contribution >= 4 is 5.91 Å². The van der Waals surface area contributed by atoms with E-state index in [-0.39, 0.29) is 18.6 Å². The Morgan fingerprint density at radius 1 is 1.12 bits per heavy atom. The van der Waals surface area contributed by atoms with Crippen molar-refractivity contribution < 1.29 is 27.8 Å². The van der Waals surface area contributed by atoms with E-state index in [9.17, 15) is 23.1 Å². The number of halogens is 3. The van der Waals surface area contributed by atoms with Crippen LogP contribution in [0.2, 0.25) is 0 Å². The van der Waals surface area contributed by atoms with Crippen molar-refractivity contribution in [2.45, 2.75) is 57.7 Å². The molecule has 1 aromatic heterocycles. The van der Waals surface area contributed by atoms with Crippen molar-refractivity contribution in [2.24, 2.45) is 0 Å². The molecule has 1 aromatic carbocycles. The van der Waals surface area contributed by atoms with E-state index >= 15 is 0 Å². The summed E-state index contributed by atoms with van der Waals surface area (Å²) in [5, 5.41) is 9.70. The topological polar surface area (TPSA) is 57.9 Å². The molecule has 3 heterocycles. The zero-order valence-corrected chi connectivity index (χ0v) is 19.2. The summed E-state index contributed by atoms with van der Waals surface area (Å²) in [5.74, 6) is 0.396. The third-order valence-electron chi connectivity index (χ3n) is 6.86. The molecule has 6 nitrogen and oxygen atoms in total. The normalized spacial score (nSPS) is 18.6. The molecule has 0 saturated carbocycles. The van der Waals surface area contributed by atoms with Crippen molar-refractivity contribution in [3.8, 4) is 5.75 Å². The van der Waals surface area contributed by atoms with Gasteiger partial charge in [-0.1, -0.05) is 0 Å². The van der Waals surface area contributed by atoms with Gasteiger partial charge in [0, 0.05) is 43.0 Å². The second kappa shape index (κ2) is 8.68. The number of benzene rings is 1. The first-order valence-electron chi connectivity index (χ1n) is 11.2. The van der Waals surface area contributed by atoms with Crippen LogP contribution < -0.4 is 4.74 Å². The summed E-state index contributed by atoms with van der Waals surface area (Å²) >= 11 is 0. The van der Waals surface area contributed by atoms with E-state index in [1.54, 1.807) is 29.2 Å². The first kappa shape index (κ1) is 23.6. The fourth-order valence-corrected chi connectivity index (χ4v) is 5.13. The van der Waals surface area contributed by atoms with E-state index in [0.29, 0.717) is 61.6 Å². The highest BCUT2D eigenvalue weighted by molar-refractivity contribution is 5.94. The number of carbonyl (C=O) groups excluding carboxylic acids is 1. The number of aromatic nitrogens is 1. The predicted octanol–water partition coefficient (Wildman–Crippen LogP) is 3.86. The zero-order chi connectivity index (χ0) is 24.0. The van der Waals surface area contributed by atoms with Gasteiger partial charge in [-0.3, -0.25) is 9.69 Å². The fraction of sp³-hybridized carbons (Fsp3) is 0.542. The summed E-state index contributed by atoms with van der Waals surface area (Å²) in [7, 11) is 1.95. The van der Waals surface area contributed by atoms with E-state index in [1.807, 2.05) is 20.9 Å². The van der Waals surface area contributed by atoms with Gasteiger partial charge in [-0.05, 0) is 64.1 Å². The second-order valence-electron chi connectivity index (χ2n) is 9.15. The number of amides is 1. The van der Waals surface area contributed by atoms with Crippen LogP contribution in [0.25, 0.3) is 0 Å². The lowest BCUT2D eigenvalue weighted by Crippen LogP contribution is -2.56. The largest absolute Gasteiger partial charge is 0.491 e. The lowest BCUT2D eigenvalue weighted by molar-refractivity contribution is -0.144. The lowest BCUT2D eigenvalue weighted by atomic mass is 9.81. The number of rotatable bonds is 4. The monoisotopic (exact) mass is 465 g/mol. The summed E-state index contributed by atoms with van der Waals surface area (Å²) in [6.07, 6.45) is -3.34. The predicted molar refractivity (Wildman–Crippen MR) is 117 cm³/mol. The zero-order valence-electron chi connectivity index (χ0n) is 19.2. The fourth-order valence-electron chi connectivity index (χ4n) is 5.13. The van der Waals surface area contributed by atoms with Gasteiger partial charge in [0.25, 0.3) is 5.91 Å². The number of likely N-dealkylation sites (N-methyl/N-ethyl adjacent to an activating group) is 1. The van der Waals surface area contributed by atoms with Crippen LogP contribution in [0.5, 0.6) is 5.75 Å². The van der Waals surface area contributed by atoms with Gasteiger partial charge in [0.2, 0.25) is 0 Å². The number of aliphatic hydroxyl groups excluding tert-OH is 1.